The minimum atomic E-state index is -0.329. The lowest BCUT2D eigenvalue weighted by Gasteiger charge is -2.12. The lowest BCUT2D eigenvalue weighted by molar-refractivity contribution is -0.117. The van der Waals surface area contributed by atoms with Crippen molar-refractivity contribution in [2.75, 3.05) is 0 Å². The first kappa shape index (κ1) is 14.2. The molecule has 0 bridgehead atoms. The van der Waals surface area contributed by atoms with Crippen LogP contribution in [0.4, 0.5) is 0 Å². The van der Waals surface area contributed by atoms with Crippen molar-refractivity contribution in [3.8, 4) is 0 Å². The van der Waals surface area contributed by atoms with Gasteiger partial charge in [0.25, 0.3) is 0 Å². The van der Waals surface area contributed by atoms with Crippen LogP contribution in [0.1, 0.15) is 30.5 Å². The third-order valence-corrected chi connectivity index (χ3v) is 3.36. The first-order valence-electron chi connectivity index (χ1n) is 6.79. The van der Waals surface area contributed by atoms with E-state index >= 15 is 0 Å². The van der Waals surface area contributed by atoms with Gasteiger partial charge in [-0.05, 0) is 26.3 Å². The molecule has 20 heavy (non-hydrogen) atoms. The first-order valence-corrected chi connectivity index (χ1v) is 6.79. The molecule has 0 amide bonds. The van der Waals surface area contributed by atoms with Crippen LogP contribution >= 0.6 is 0 Å². The highest BCUT2D eigenvalue weighted by Crippen LogP contribution is 2.16. The molecule has 102 valence electrons. The highest BCUT2D eigenvalue weighted by molar-refractivity contribution is 6.14. The normalized spacial score (nSPS) is 13.1. The van der Waals surface area contributed by atoms with Gasteiger partial charge in [0, 0.05) is 11.1 Å². The second-order valence-electron chi connectivity index (χ2n) is 4.95. The summed E-state index contributed by atoms with van der Waals surface area (Å²) in [5.74, 6) is 0.0759. The number of rotatable bonds is 4. The van der Waals surface area contributed by atoms with E-state index in [0.29, 0.717) is 0 Å². The molecule has 0 fully saturated rings. The van der Waals surface area contributed by atoms with Gasteiger partial charge in [-0.2, -0.15) is 0 Å². The molecule has 0 aromatic heterocycles. The molecule has 2 nitrogen and oxygen atoms in total. The number of hydrogen-bond donors (Lipinski definition) is 0. The smallest absolute Gasteiger partial charge is 0.153 e. The van der Waals surface area contributed by atoms with Gasteiger partial charge in [0.1, 0.15) is 6.04 Å². The van der Waals surface area contributed by atoms with Crippen LogP contribution in [0.2, 0.25) is 0 Å². The number of carbonyl (C=O) groups is 1. The summed E-state index contributed by atoms with van der Waals surface area (Å²) >= 11 is 0. The molecule has 0 heterocycles. The van der Waals surface area contributed by atoms with Crippen LogP contribution in [-0.4, -0.2) is 17.5 Å². The summed E-state index contributed by atoms with van der Waals surface area (Å²) < 4.78 is 0. The van der Waals surface area contributed by atoms with Crippen LogP contribution in [0.25, 0.3) is 0 Å². The maximum absolute atomic E-state index is 11.5. The predicted octanol–water partition coefficient (Wildman–Crippen LogP) is 3.81. The Hall–Kier alpha value is -2.22. The van der Waals surface area contributed by atoms with Crippen LogP contribution in [0.15, 0.2) is 59.6 Å². The zero-order valence-electron chi connectivity index (χ0n) is 12.1. The lowest BCUT2D eigenvalue weighted by atomic mass is 9.98. The third kappa shape index (κ3) is 3.21. The van der Waals surface area contributed by atoms with Gasteiger partial charge >= 0.3 is 0 Å². The SMILES string of the molecule is CC(=O)C(C)/N=C(/c1ccccc1)c1ccccc1C. The van der Waals surface area contributed by atoms with Crippen LogP contribution in [0.3, 0.4) is 0 Å². The van der Waals surface area contributed by atoms with E-state index < -0.39 is 0 Å². The Balaban J connectivity index is 2.57. The molecule has 0 N–H and O–H groups in total. The van der Waals surface area contributed by atoms with E-state index in [-0.39, 0.29) is 11.8 Å². The second-order valence-corrected chi connectivity index (χ2v) is 4.95. The van der Waals surface area contributed by atoms with Crippen LogP contribution < -0.4 is 0 Å². The predicted molar refractivity (Wildman–Crippen MR) is 83.4 cm³/mol. The van der Waals surface area contributed by atoms with Gasteiger partial charge in [0.2, 0.25) is 0 Å². The Morgan fingerprint density at radius 3 is 2.20 bits per heavy atom. The number of ketones is 1. The van der Waals surface area contributed by atoms with Crippen molar-refractivity contribution in [1.29, 1.82) is 0 Å². The van der Waals surface area contributed by atoms with Gasteiger partial charge in [-0.3, -0.25) is 9.79 Å². The monoisotopic (exact) mass is 265 g/mol. The Bertz CT molecular complexity index is 629. The summed E-state index contributed by atoms with van der Waals surface area (Å²) in [6.07, 6.45) is 0. The maximum atomic E-state index is 11.5. The van der Waals surface area contributed by atoms with Gasteiger partial charge in [0.05, 0.1) is 5.71 Å². The fourth-order valence-corrected chi connectivity index (χ4v) is 2.02. The van der Waals surface area contributed by atoms with Crippen LogP contribution in [-0.2, 0) is 4.79 Å². The van der Waals surface area contributed by atoms with Crippen LogP contribution in [0, 0.1) is 6.92 Å². The van der Waals surface area contributed by atoms with Crippen molar-refractivity contribution in [2.45, 2.75) is 26.8 Å². The number of aryl methyl sites for hydroxylation is 1. The van der Waals surface area contributed by atoms with E-state index in [2.05, 4.69) is 18.0 Å². The Morgan fingerprint density at radius 1 is 1.00 bits per heavy atom. The standard InChI is InChI=1S/C18H19NO/c1-13-9-7-8-12-17(13)18(19-14(2)15(3)20)16-10-5-4-6-11-16/h4-12,14H,1-3H3/b19-18-. The maximum Gasteiger partial charge on any atom is 0.153 e. The van der Waals surface area contributed by atoms with Gasteiger partial charge in [-0.15, -0.1) is 0 Å². The van der Waals surface area contributed by atoms with E-state index in [1.807, 2.05) is 55.5 Å². The number of benzene rings is 2. The molecule has 2 heteroatoms. The van der Waals surface area contributed by atoms with E-state index in [4.69, 9.17) is 0 Å². The highest BCUT2D eigenvalue weighted by Gasteiger charge is 2.13. The topological polar surface area (TPSA) is 29.4 Å². The second kappa shape index (κ2) is 6.29. The van der Waals surface area contributed by atoms with E-state index in [9.17, 15) is 4.79 Å². The number of nitrogens with zero attached hydrogens (tertiary/aromatic N) is 1. The fourth-order valence-electron chi connectivity index (χ4n) is 2.02. The molecule has 1 unspecified atom stereocenters. The van der Waals surface area contributed by atoms with E-state index in [0.717, 1.165) is 22.4 Å². The molecule has 0 saturated heterocycles. The quantitative estimate of drug-likeness (QED) is 0.773. The molecule has 0 spiro atoms. The molecule has 2 aromatic carbocycles. The van der Waals surface area contributed by atoms with Gasteiger partial charge in [-0.25, -0.2) is 0 Å². The number of Topliss-reactive ketones (excluding diaryl/α,β-unsaturated/α-hetero) is 1. The zero-order valence-corrected chi connectivity index (χ0v) is 12.1. The molecule has 0 radical (unpaired) electrons. The van der Waals surface area contributed by atoms with Gasteiger partial charge < -0.3 is 0 Å². The van der Waals surface area contributed by atoms with Crippen LogP contribution in [0.5, 0.6) is 0 Å². The fraction of sp³-hybridized carbons (Fsp3) is 0.222. The minimum Gasteiger partial charge on any atom is -0.298 e. The van der Waals surface area contributed by atoms with E-state index in [1.165, 1.54) is 0 Å². The molecule has 0 aliphatic heterocycles. The van der Waals surface area contributed by atoms with Gasteiger partial charge in [-0.1, -0.05) is 54.6 Å². The highest BCUT2D eigenvalue weighted by atomic mass is 16.1. The van der Waals surface area contributed by atoms with Crippen molar-refractivity contribution in [2.24, 2.45) is 4.99 Å². The molecule has 0 aliphatic carbocycles. The Kier molecular flexibility index (Phi) is 4.46. The summed E-state index contributed by atoms with van der Waals surface area (Å²) in [5.41, 5.74) is 4.15. The van der Waals surface area contributed by atoms with Crippen molar-refractivity contribution in [3.63, 3.8) is 0 Å². The van der Waals surface area contributed by atoms with Crippen molar-refractivity contribution in [3.05, 3.63) is 71.3 Å². The lowest BCUT2D eigenvalue weighted by Crippen LogP contribution is -2.15. The average molecular weight is 265 g/mol. The number of aliphatic imine (C=N–C) groups is 1. The molecule has 2 aromatic rings. The number of hydrogen-bond acceptors (Lipinski definition) is 2. The molecular formula is C18H19NO. The van der Waals surface area contributed by atoms with Crippen molar-refractivity contribution >= 4 is 11.5 Å². The molecule has 1 atom stereocenters. The average Bonchev–Trinajstić information content (AvgIpc) is 2.46. The summed E-state index contributed by atoms with van der Waals surface area (Å²) in [6.45, 7) is 5.48. The molecule has 0 saturated carbocycles. The van der Waals surface area contributed by atoms with E-state index in [1.54, 1.807) is 6.92 Å². The molecular weight excluding hydrogens is 246 g/mol. The largest absolute Gasteiger partial charge is 0.298 e. The molecule has 2 rings (SSSR count). The third-order valence-electron chi connectivity index (χ3n) is 3.36. The summed E-state index contributed by atoms with van der Waals surface area (Å²) in [4.78, 5) is 16.2. The summed E-state index contributed by atoms with van der Waals surface area (Å²) in [5, 5.41) is 0. The van der Waals surface area contributed by atoms with Crippen molar-refractivity contribution in [1.82, 2.24) is 0 Å². The summed E-state index contributed by atoms with van der Waals surface area (Å²) in [6, 6.07) is 17.8. The Morgan fingerprint density at radius 2 is 1.60 bits per heavy atom. The Labute approximate surface area is 120 Å². The minimum absolute atomic E-state index is 0.0759. The zero-order chi connectivity index (χ0) is 14.5. The van der Waals surface area contributed by atoms with Crippen molar-refractivity contribution < 1.29 is 4.79 Å². The number of carbonyl (C=O) groups excluding carboxylic acids is 1. The summed E-state index contributed by atoms with van der Waals surface area (Å²) in [7, 11) is 0. The first-order chi connectivity index (χ1) is 9.59. The van der Waals surface area contributed by atoms with Gasteiger partial charge in [0.15, 0.2) is 5.78 Å². The molecule has 0 aliphatic rings.